The Morgan fingerprint density at radius 2 is 1.64 bits per heavy atom. The van der Waals surface area contributed by atoms with Crippen molar-refractivity contribution in [3.63, 3.8) is 0 Å². The van der Waals surface area contributed by atoms with Gasteiger partial charge < -0.3 is 13.7 Å². The van der Waals surface area contributed by atoms with E-state index in [1.807, 2.05) is 6.92 Å². The molecule has 0 N–H and O–H groups in total. The fourth-order valence-electron chi connectivity index (χ4n) is 2.16. The van der Waals surface area contributed by atoms with E-state index in [2.05, 4.69) is 0 Å². The van der Waals surface area contributed by atoms with Gasteiger partial charge in [-0.1, -0.05) is 35.9 Å². The van der Waals surface area contributed by atoms with Gasteiger partial charge in [0, 0.05) is 0 Å². The van der Waals surface area contributed by atoms with Crippen molar-refractivity contribution in [3.05, 3.63) is 59.7 Å². The zero-order valence-electron chi connectivity index (χ0n) is 12.1. The second kappa shape index (κ2) is 6.08. The lowest BCUT2D eigenvalue weighted by atomic mass is 10.2. The van der Waals surface area contributed by atoms with Crippen LogP contribution in [-0.2, 0) is 19.6 Å². The van der Waals surface area contributed by atoms with Crippen LogP contribution in [0.4, 0.5) is 0 Å². The Morgan fingerprint density at radius 1 is 1.00 bits per heavy atom. The molecule has 0 aromatic heterocycles. The average Bonchev–Trinajstić information content (AvgIpc) is 3.02. The second-order valence-electron chi connectivity index (χ2n) is 4.96. The molecule has 1 aliphatic heterocycles. The van der Waals surface area contributed by atoms with Crippen LogP contribution in [0.5, 0.6) is 5.75 Å². The molecule has 3 rings (SSSR count). The lowest BCUT2D eigenvalue weighted by molar-refractivity contribution is -0.0449. The molecule has 0 radical (unpaired) electrons. The molecule has 0 atom stereocenters. The minimum Gasteiger partial charge on any atom is -0.378 e. The van der Waals surface area contributed by atoms with Crippen molar-refractivity contribution >= 4 is 10.1 Å². The highest BCUT2D eigenvalue weighted by Crippen LogP contribution is 2.32. The molecule has 0 amide bonds. The number of benzene rings is 2. The van der Waals surface area contributed by atoms with Crippen LogP contribution < -0.4 is 4.18 Å². The van der Waals surface area contributed by atoms with E-state index in [1.54, 1.807) is 36.4 Å². The van der Waals surface area contributed by atoms with E-state index < -0.39 is 16.4 Å². The fourth-order valence-corrected chi connectivity index (χ4v) is 3.11. The molecule has 6 heteroatoms. The van der Waals surface area contributed by atoms with Crippen molar-refractivity contribution in [2.45, 2.75) is 18.1 Å². The molecule has 0 aliphatic carbocycles. The Morgan fingerprint density at radius 3 is 2.32 bits per heavy atom. The number of hydrogen-bond donors (Lipinski definition) is 0. The summed E-state index contributed by atoms with van der Waals surface area (Å²) in [5, 5.41) is 0. The first-order valence-electron chi connectivity index (χ1n) is 6.89. The van der Waals surface area contributed by atoms with Gasteiger partial charge in [-0.15, -0.1) is 0 Å². The first kappa shape index (κ1) is 15.0. The summed E-state index contributed by atoms with van der Waals surface area (Å²) in [6.07, 6.45) is -0.593. The van der Waals surface area contributed by atoms with Crippen LogP contribution in [-0.4, -0.2) is 21.6 Å². The molecule has 5 nitrogen and oxygen atoms in total. The molecule has 1 aliphatic rings. The van der Waals surface area contributed by atoms with Crippen LogP contribution in [0.15, 0.2) is 53.4 Å². The standard InChI is InChI=1S/C16H16O5S/c1-12-6-8-13(9-7-12)22(17,18)21-15-5-3-2-4-14(15)16-19-10-11-20-16/h2-9,16H,10-11H2,1H3. The van der Waals surface area contributed by atoms with E-state index in [-0.39, 0.29) is 10.6 Å². The minimum absolute atomic E-state index is 0.112. The number of para-hydroxylation sites is 1. The summed E-state index contributed by atoms with van der Waals surface area (Å²) >= 11 is 0. The van der Waals surface area contributed by atoms with Gasteiger partial charge in [0.1, 0.15) is 4.90 Å². The van der Waals surface area contributed by atoms with Crippen LogP contribution in [0.3, 0.4) is 0 Å². The van der Waals surface area contributed by atoms with Gasteiger partial charge in [0.2, 0.25) is 0 Å². The van der Waals surface area contributed by atoms with Crippen molar-refractivity contribution in [2.24, 2.45) is 0 Å². The van der Waals surface area contributed by atoms with Crippen molar-refractivity contribution in [3.8, 4) is 5.75 Å². The topological polar surface area (TPSA) is 61.8 Å². The Kier molecular flexibility index (Phi) is 4.15. The van der Waals surface area contributed by atoms with Gasteiger partial charge in [-0.25, -0.2) is 0 Å². The smallest absolute Gasteiger partial charge is 0.339 e. The largest absolute Gasteiger partial charge is 0.378 e. The van der Waals surface area contributed by atoms with Gasteiger partial charge in [-0.2, -0.15) is 8.42 Å². The number of rotatable bonds is 4. The van der Waals surface area contributed by atoms with Gasteiger partial charge in [0.05, 0.1) is 18.8 Å². The SMILES string of the molecule is Cc1ccc(S(=O)(=O)Oc2ccccc2C2OCCO2)cc1. The Hall–Kier alpha value is -1.89. The van der Waals surface area contributed by atoms with E-state index in [1.165, 1.54) is 12.1 Å². The monoisotopic (exact) mass is 320 g/mol. The molecular weight excluding hydrogens is 304 g/mol. The lowest BCUT2D eigenvalue weighted by Gasteiger charge is -2.15. The van der Waals surface area contributed by atoms with Crippen molar-refractivity contribution in [1.82, 2.24) is 0 Å². The molecule has 0 bridgehead atoms. The highest BCUT2D eigenvalue weighted by atomic mass is 32.2. The predicted molar refractivity (Wildman–Crippen MR) is 80.1 cm³/mol. The number of aryl methyl sites for hydroxylation is 1. The molecule has 1 fully saturated rings. The predicted octanol–water partition coefficient (Wildman–Crippen LogP) is 2.81. The maximum absolute atomic E-state index is 12.4. The second-order valence-corrected chi connectivity index (χ2v) is 6.51. The molecule has 2 aromatic rings. The minimum atomic E-state index is -3.89. The Balaban J connectivity index is 1.90. The summed E-state index contributed by atoms with van der Waals surface area (Å²) in [5.41, 5.74) is 1.54. The molecule has 1 heterocycles. The van der Waals surface area contributed by atoms with Crippen molar-refractivity contribution in [1.29, 1.82) is 0 Å². The van der Waals surface area contributed by atoms with E-state index >= 15 is 0 Å². The summed E-state index contributed by atoms with van der Waals surface area (Å²) in [6.45, 7) is 2.84. The van der Waals surface area contributed by atoms with Gasteiger partial charge in [-0.05, 0) is 25.1 Å². The third-order valence-corrected chi connectivity index (χ3v) is 4.55. The Bertz CT molecular complexity index is 746. The maximum atomic E-state index is 12.4. The number of ether oxygens (including phenoxy) is 2. The van der Waals surface area contributed by atoms with Gasteiger partial charge in [0.25, 0.3) is 0 Å². The van der Waals surface area contributed by atoms with Crippen molar-refractivity contribution in [2.75, 3.05) is 13.2 Å². The first-order chi connectivity index (χ1) is 10.6. The maximum Gasteiger partial charge on any atom is 0.339 e. The highest BCUT2D eigenvalue weighted by molar-refractivity contribution is 7.87. The van der Waals surface area contributed by atoms with E-state index in [9.17, 15) is 8.42 Å². The first-order valence-corrected chi connectivity index (χ1v) is 8.30. The summed E-state index contributed by atoms with van der Waals surface area (Å²) in [4.78, 5) is 0.112. The molecule has 116 valence electrons. The zero-order chi connectivity index (χ0) is 15.6. The van der Waals surface area contributed by atoms with E-state index in [0.29, 0.717) is 18.8 Å². The van der Waals surface area contributed by atoms with Crippen LogP contribution in [0.1, 0.15) is 17.4 Å². The molecule has 2 aromatic carbocycles. The molecular formula is C16H16O5S. The summed E-state index contributed by atoms with van der Waals surface area (Å²) < 4.78 is 40.9. The zero-order valence-corrected chi connectivity index (χ0v) is 12.9. The van der Waals surface area contributed by atoms with E-state index in [4.69, 9.17) is 13.7 Å². The normalized spacial score (nSPS) is 15.9. The van der Waals surface area contributed by atoms with Gasteiger partial charge in [0.15, 0.2) is 12.0 Å². The summed E-state index contributed by atoms with van der Waals surface area (Å²) in [7, 11) is -3.89. The van der Waals surface area contributed by atoms with Crippen LogP contribution in [0.2, 0.25) is 0 Å². The highest BCUT2D eigenvalue weighted by Gasteiger charge is 2.25. The number of hydrogen-bond acceptors (Lipinski definition) is 5. The molecule has 0 unspecified atom stereocenters. The molecule has 22 heavy (non-hydrogen) atoms. The van der Waals surface area contributed by atoms with Crippen LogP contribution >= 0.6 is 0 Å². The fraction of sp³-hybridized carbons (Fsp3) is 0.250. The van der Waals surface area contributed by atoms with Crippen LogP contribution in [0.25, 0.3) is 0 Å². The van der Waals surface area contributed by atoms with Crippen molar-refractivity contribution < 1.29 is 22.1 Å². The third-order valence-electron chi connectivity index (χ3n) is 3.30. The third kappa shape index (κ3) is 3.14. The quantitative estimate of drug-likeness (QED) is 0.811. The lowest BCUT2D eigenvalue weighted by Crippen LogP contribution is -2.12. The van der Waals surface area contributed by atoms with Gasteiger partial charge >= 0.3 is 10.1 Å². The average molecular weight is 320 g/mol. The summed E-state index contributed by atoms with van der Waals surface area (Å²) in [5.74, 6) is 0.218. The van der Waals surface area contributed by atoms with Crippen LogP contribution in [0, 0.1) is 6.92 Å². The molecule has 1 saturated heterocycles. The van der Waals surface area contributed by atoms with Gasteiger partial charge in [-0.3, -0.25) is 0 Å². The molecule has 0 spiro atoms. The Labute approximate surface area is 129 Å². The van der Waals surface area contributed by atoms with E-state index in [0.717, 1.165) is 5.56 Å². The summed E-state index contributed by atoms with van der Waals surface area (Å²) in [6, 6.07) is 13.3. The molecule has 0 saturated carbocycles.